The fraction of sp³-hybridized carbons (Fsp3) is 0.544. The second-order valence-electron chi connectivity index (χ2n) is 25.8. The van der Waals surface area contributed by atoms with Crippen LogP contribution in [0.15, 0.2) is 115 Å². The largest absolute Gasteiger partial charge is 0.491 e. The lowest BCUT2D eigenvalue weighted by atomic mass is 9.80. The van der Waals surface area contributed by atoms with Gasteiger partial charge in [0.15, 0.2) is 0 Å². The molecule has 0 saturated carbocycles. The number of hydrogen-bond acceptors (Lipinski definition) is 11. The van der Waals surface area contributed by atoms with E-state index in [0.29, 0.717) is 69.7 Å². The summed E-state index contributed by atoms with van der Waals surface area (Å²) in [7, 11) is 0. The van der Waals surface area contributed by atoms with Crippen molar-refractivity contribution in [1.29, 1.82) is 0 Å². The molecule has 3 saturated heterocycles. The number of morpholine rings is 2. The number of benzene rings is 4. The third-order valence-electron chi connectivity index (χ3n) is 17.7. The van der Waals surface area contributed by atoms with Gasteiger partial charge in [-0.05, 0) is 129 Å². The average molecular weight is 1100 g/mol. The van der Waals surface area contributed by atoms with Crippen LogP contribution in [0.1, 0.15) is 114 Å². The maximum atomic E-state index is 14.4. The van der Waals surface area contributed by atoms with Crippen molar-refractivity contribution in [3.8, 4) is 11.5 Å². The van der Waals surface area contributed by atoms with Crippen molar-refractivity contribution in [3.63, 3.8) is 0 Å². The number of ether oxygens (including phenoxy) is 4. The minimum atomic E-state index is -0.203. The summed E-state index contributed by atoms with van der Waals surface area (Å²) in [5.74, 6) is 3.04. The number of aromatic nitrogens is 1. The summed E-state index contributed by atoms with van der Waals surface area (Å²) < 4.78 is 25.2. The minimum Gasteiger partial charge on any atom is -0.491 e. The van der Waals surface area contributed by atoms with Crippen LogP contribution in [0.2, 0.25) is 0 Å². The number of piperidine rings is 1. The van der Waals surface area contributed by atoms with Crippen LogP contribution < -0.4 is 29.9 Å². The van der Waals surface area contributed by atoms with Gasteiger partial charge in [-0.15, -0.1) is 0 Å². The Labute approximate surface area is 483 Å². The molecule has 2 N–H and O–H groups in total. The summed E-state index contributed by atoms with van der Waals surface area (Å²) in [6.45, 7) is 26.4. The topological polar surface area (TPSA) is 121 Å². The number of carbonyl (C=O) groups is 2. The van der Waals surface area contributed by atoms with E-state index < -0.39 is 0 Å². The summed E-state index contributed by atoms with van der Waals surface area (Å²) in [4.78, 5) is 42.2. The predicted octanol–water partition coefficient (Wildman–Crippen LogP) is 9.86. The molecular formula is C68H91N7O6. The molecule has 6 heterocycles. The summed E-state index contributed by atoms with van der Waals surface area (Å²) >= 11 is 0. The molecule has 434 valence electrons. The number of amides is 2. The van der Waals surface area contributed by atoms with Crippen LogP contribution in [0.25, 0.3) is 0 Å². The van der Waals surface area contributed by atoms with Crippen LogP contribution in [0.3, 0.4) is 0 Å². The Balaban J connectivity index is 0.627. The smallest absolute Gasteiger partial charge is 0.227 e. The first-order valence-corrected chi connectivity index (χ1v) is 30.4. The summed E-state index contributed by atoms with van der Waals surface area (Å²) in [5.41, 5.74) is 8.98. The average Bonchev–Trinajstić information content (AvgIpc) is 4.16. The highest BCUT2D eigenvalue weighted by Crippen LogP contribution is 2.43. The van der Waals surface area contributed by atoms with E-state index in [1.165, 1.54) is 22.3 Å². The standard InChI is InChI=1S/C68H91N7O6/c1-48(37-69-49(2)16-14-23-64(76)74-46-67(4,5)61-25-24-53(33-62(61)74)31-51-17-10-8-11-18-51)40-72-26-28-78-59(42-72)44-80-57-21-15-22-58(36-57)81-45-60-43-73(27-29-79-60)41-56-39-70-50(3)30-55(56)35-65(77)75-47-68(6,7)66-63(75)34-54(38-71-66)32-52-19-12-9-13-20-52/h8-13,15,17-22,24-25,33-34,36,38,48-50,55-56,59-60,69-70H,14,16,23,26-32,35,37,39-47H2,1-7H3/t48-,49-,50-,55?,56-,59+,60+/m1/s1. The maximum absolute atomic E-state index is 14.4. The van der Waals surface area contributed by atoms with E-state index in [4.69, 9.17) is 23.9 Å². The van der Waals surface area contributed by atoms with Crippen molar-refractivity contribution in [2.75, 3.05) is 102 Å². The first kappa shape index (κ1) is 58.5. The van der Waals surface area contributed by atoms with Crippen LogP contribution in [0, 0.1) is 17.8 Å². The first-order chi connectivity index (χ1) is 39.1. The Morgan fingerprint density at radius 3 is 2.05 bits per heavy atom. The van der Waals surface area contributed by atoms with Crippen molar-refractivity contribution in [1.82, 2.24) is 25.4 Å². The highest BCUT2D eigenvalue weighted by atomic mass is 16.5. The minimum absolute atomic E-state index is 0.0229. The Morgan fingerprint density at radius 1 is 0.716 bits per heavy atom. The number of hydrogen-bond donors (Lipinski definition) is 2. The fourth-order valence-electron chi connectivity index (χ4n) is 13.2. The fourth-order valence-corrected chi connectivity index (χ4v) is 13.2. The van der Waals surface area contributed by atoms with E-state index in [2.05, 4.69) is 148 Å². The normalized spacial score (nSPS) is 23.4. The van der Waals surface area contributed by atoms with E-state index >= 15 is 0 Å². The molecule has 5 aliphatic heterocycles. The number of pyridine rings is 1. The van der Waals surface area contributed by atoms with Gasteiger partial charge in [-0.1, -0.05) is 113 Å². The molecule has 1 aromatic heterocycles. The molecule has 5 aliphatic rings. The third kappa shape index (κ3) is 15.5. The molecular weight excluding hydrogens is 1010 g/mol. The van der Waals surface area contributed by atoms with Gasteiger partial charge >= 0.3 is 0 Å². The highest BCUT2D eigenvalue weighted by Gasteiger charge is 2.42. The van der Waals surface area contributed by atoms with Gasteiger partial charge in [-0.2, -0.15) is 0 Å². The van der Waals surface area contributed by atoms with Gasteiger partial charge in [0.05, 0.1) is 24.6 Å². The van der Waals surface area contributed by atoms with Gasteiger partial charge in [0, 0.05) is 106 Å². The molecule has 0 bridgehead atoms. The van der Waals surface area contributed by atoms with Crippen molar-refractivity contribution < 1.29 is 28.5 Å². The number of carbonyl (C=O) groups excluding carboxylic acids is 2. The van der Waals surface area contributed by atoms with E-state index in [-0.39, 0.29) is 40.8 Å². The molecule has 5 aromatic rings. The van der Waals surface area contributed by atoms with E-state index in [0.717, 1.165) is 125 Å². The monoisotopic (exact) mass is 1100 g/mol. The highest BCUT2D eigenvalue weighted by molar-refractivity contribution is 5.97. The Kier molecular flexibility index (Phi) is 19.3. The molecule has 4 aromatic carbocycles. The molecule has 10 rings (SSSR count). The van der Waals surface area contributed by atoms with Crippen LogP contribution in [-0.2, 0) is 42.7 Å². The number of nitrogens with one attached hydrogen (secondary N) is 2. The van der Waals surface area contributed by atoms with E-state index in [1.54, 1.807) is 0 Å². The molecule has 1 unspecified atom stereocenters. The SMILES string of the molecule is C[C@H](CN[C@H](C)CCCC(=O)N1CC(C)(C)c2ccc(Cc3ccccc3)cc21)CN1CCO[C@H](COc2cccc(OC[C@@H]3CN(C[C@H]4CN[C@H](C)CC4CC(=O)N4CC(C)(C)c5ncc(Cc6ccccc6)cc54)CCO3)c2)C1. The van der Waals surface area contributed by atoms with Crippen LogP contribution in [0.4, 0.5) is 11.4 Å². The molecule has 13 heteroatoms. The van der Waals surface area contributed by atoms with Gasteiger partial charge in [-0.25, -0.2) is 0 Å². The zero-order valence-corrected chi connectivity index (χ0v) is 49.5. The number of nitrogens with zero attached hydrogens (tertiary/aromatic N) is 5. The summed E-state index contributed by atoms with van der Waals surface area (Å²) in [5, 5.41) is 7.50. The number of fused-ring (bicyclic) bond motifs is 2. The molecule has 0 aliphatic carbocycles. The zero-order valence-electron chi connectivity index (χ0n) is 49.5. The van der Waals surface area contributed by atoms with Gasteiger partial charge < -0.3 is 39.4 Å². The maximum Gasteiger partial charge on any atom is 0.227 e. The summed E-state index contributed by atoms with van der Waals surface area (Å²) in [6, 6.07) is 38.6. The van der Waals surface area contributed by atoms with Crippen LogP contribution in [-0.4, -0.2) is 143 Å². The van der Waals surface area contributed by atoms with Gasteiger partial charge in [0.25, 0.3) is 0 Å². The van der Waals surface area contributed by atoms with Gasteiger partial charge in [-0.3, -0.25) is 24.4 Å². The lowest BCUT2D eigenvalue weighted by Crippen LogP contribution is -2.52. The van der Waals surface area contributed by atoms with Crippen molar-refractivity contribution in [2.45, 2.75) is 129 Å². The predicted molar refractivity (Wildman–Crippen MR) is 324 cm³/mol. The number of rotatable bonds is 23. The Hall–Kier alpha value is -5.67. The second-order valence-corrected chi connectivity index (χ2v) is 25.8. The first-order valence-electron chi connectivity index (χ1n) is 30.4. The quantitative estimate of drug-likeness (QED) is 0.0651. The molecule has 2 amide bonds. The zero-order chi connectivity index (χ0) is 56.5. The Bertz CT molecular complexity index is 2870. The van der Waals surface area contributed by atoms with Crippen molar-refractivity contribution in [2.24, 2.45) is 17.8 Å². The Morgan fingerprint density at radius 2 is 1.35 bits per heavy atom. The summed E-state index contributed by atoms with van der Waals surface area (Å²) in [6.07, 6.45) is 7.45. The molecule has 3 fully saturated rings. The van der Waals surface area contributed by atoms with Crippen LogP contribution >= 0.6 is 0 Å². The van der Waals surface area contributed by atoms with E-state index in [9.17, 15) is 9.59 Å². The lowest BCUT2D eigenvalue weighted by Gasteiger charge is -2.41. The van der Waals surface area contributed by atoms with Gasteiger partial charge in [0.1, 0.15) is 36.9 Å². The van der Waals surface area contributed by atoms with E-state index in [1.807, 2.05) is 46.3 Å². The lowest BCUT2D eigenvalue weighted by molar-refractivity contribution is -0.120. The molecule has 0 radical (unpaired) electrons. The third-order valence-corrected chi connectivity index (χ3v) is 17.7. The van der Waals surface area contributed by atoms with Crippen LogP contribution in [0.5, 0.6) is 11.5 Å². The molecule has 13 nitrogen and oxygen atoms in total. The second kappa shape index (κ2) is 26.7. The molecule has 0 spiro atoms. The molecule has 7 atom stereocenters. The molecule has 81 heavy (non-hydrogen) atoms. The van der Waals surface area contributed by atoms with Gasteiger partial charge in [0.2, 0.25) is 11.8 Å². The number of anilines is 2. The van der Waals surface area contributed by atoms with Crippen molar-refractivity contribution in [3.05, 3.63) is 149 Å². The van der Waals surface area contributed by atoms with Crippen molar-refractivity contribution >= 4 is 23.2 Å².